The van der Waals surface area contributed by atoms with Gasteiger partial charge in [0, 0.05) is 34.5 Å². The van der Waals surface area contributed by atoms with Crippen molar-refractivity contribution in [2.45, 2.75) is 5.60 Å². The molecular formula is C27H17BN2O6S. The monoisotopic (exact) mass is 508 g/mol. The van der Waals surface area contributed by atoms with Gasteiger partial charge >= 0.3 is 13.1 Å². The molecule has 0 bridgehead atoms. The van der Waals surface area contributed by atoms with Crippen molar-refractivity contribution in [3.05, 3.63) is 101 Å². The van der Waals surface area contributed by atoms with E-state index in [0.29, 0.717) is 50.8 Å². The maximum atomic E-state index is 13.2. The number of nitrogens with two attached hydrogens (primary N) is 1. The second-order valence-corrected chi connectivity index (χ2v) is 8.74. The molecule has 4 aromatic carbocycles. The molecule has 0 fully saturated rings. The maximum Gasteiger partial charge on any atom is 0.560 e. The third-order valence-corrected chi connectivity index (χ3v) is 6.47. The lowest BCUT2D eigenvalue weighted by atomic mass is 9.77. The first-order valence-electron chi connectivity index (χ1n) is 11.2. The number of nitrogens with zero attached hydrogens (tertiary/aromatic N) is 1. The van der Waals surface area contributed by atoms with Gasteiger partial charge in [-0.05, 0) is 60.1 Å². The number of fused-ring (bicyclic) bond motifs is 6. The van der Waals surface area contributed by atoms with Crippen LogP contribution < -0.4 is 20.6 Å². The first-order valence-corrected chi connectivity index (χ1v) is 11.6. The van der Waals surface area contributed by atoms with Crippen LogP contribution in [0.2, 0.25) is 0 Å². The standard InChI is InChI=1S/C27H17BN2O6S/c29-16-4-1-3-15(11-16)28(33)36-18-8-10-20-24(13-18)34-23-12-17(31)7-9-19(23)27(20)21-5-2-6-22(30-14-37)25(21)26(32)35-27/h1-13,31,33H,29H2. The number of nitrogen functional groups attached to an aromatic ring is 1. The molecule has 0 saturated heterocycles. The number of carbonyl (C=O) groups is 1. The maximum absolute atomic E-state index is 13.2. The zero-order valence-corrected chi connectivity index (χ0v) is 19.9. The van der Waals surface area contributed by atoms with Crippen LogP contribution in [0.1, 0.15) is 27.0 Å². The third kappa shape index (κ3) is 3.55. The van der Waals surface area contributed by atoms with Crippen LogP contribution in [0.3, 0.4) is 0 Å². The SMILES string of the molecule is Nc1cccc(B(O)Oc2ccc3c(c2)Oc2cc(O)ccc2C32OC(=O)c3c(N=C=S)cccc32)c1. The molecule has 0 aromatic heterocycles. The fourth-order valence-corrected chi connectivity index (χ4v) is 4.94. The van der Waals surface area contributed by atoms with Crippen molar-refractivity contribution < 1.29 is 29.1 Å². The largest absolute Gasteiger partial charge is 0.560 e. The first-order chi connectivity index (χ1) is 17.9. The van der Waals surface area contributed by atoms with E-state index in [1.165, 1.54) is 12.1 Å². The quantitative estimate of drug-likeness (QED) is 0.124. The fourth-order valence-electron chi connectivity index (χ4n) is 4.85. The zero-order valence-electron chi connectivity index (χ0n) is 19.0. The molecule has 2 heterocycles. The van der Waals surface area contributed by atoms with Gasteiger partial charge in [0.25, 0.3) is 0 Å². The zero-order chi connectivity index (χ0) is 25.7. The number of phenolic OH excluding ortho intramolecular Hbond substituents is 1. The van der Waals surface area contributed by atoms with Crippen LogP contribution in [0.25, 0.3) is 0 Å². The number of thiocarbonyl (C=S) groups is 1. The van der Waals surface area contributed by atoms with Gasteiger partial charge in [0.15, 0.2) is 5.60 Å². The van der Waals surface area contributed by atoms with Crippen molar-refractivity contribution in [3.63, 3.8) is 0 Å². The van der Waals surface area contributed by atoms with Crippen molar-refractivity contribution in [3.8, 4) is 23.0 Å². The highest BCUT2D eigenvalue weighted by atomic mass is 32.1. The average Bonchev–Trinajstić information content (AvgIpc) is 3.17. The van der Waals surface area contributed by atoms with Gasteiger partial charge in [-0.25, -0.2) is 4.79 Å². The Balaban J connectivity index is 1.51. The number of rotatable bonds is 4. The van der Waals surface area contributed by atoms with Crippen LogP contribution >= 0.6 is 12.2 Å². The molecule has 10 heteroatoms. The minimum Gasteiger partial charge on any atom is -0.532 e. The second kappa shape index (κ2) is 8.49. The number of ether oxygens (including phenoxy) is 2. The van der Waals surface area contributed by atoms with E-state index in [1.807, 2.05) is 0 Å². The van der Waals surface area contributed by atoms with Crippen LogP contribution in [0.15, 0.2) is 83.9 Å². The van der Waals surface area contributed by atoms with Gasteiger partial charge in [0.05, 0.1) is 16.4 Å². The number of benzene rings is 4. The van der Waals surface area contributed by atoms with E-state index in [0.717, 1.165) is 0 Å². The van der Waals surface area contributed by atoms with E-state index in [2.05, 4.69) is 10.2 Å². The lowest BCUT2D eigenvalue weighted by molar-refractivity contribution is 0.0224. The summed E-state index contributed by atoms with van der Waals surface area (Å²) >= 11 is 4.77. The molecule has 1 atom stereocenters. The number of phenols is 1. The summed E-state index contributed by atoms with van der Waals surface area (Å²) in [7, 11) is -1.28. The average molecular weight is 508 g/mol. The molecule has 8 nitrogen and oxygen atoms in total. The Kier molecular flexibility index (Phi) is 5.24. The van der Waals surface area contributed by atoms with E-state index in [9.17, 15) is 14.9 Å². The Hall–Kier alpha value is -4.63. The highest BCUT2D eigenvalue weighted by Gasteiger charge is 2.54. The highest BCUT2D eigenvalue weighted by Crippen LogP contribution is 2.58. The molecule has 0 saturated carbocycles. The van der Waals surface area contributed by atoms with E-state index < -0.39 is 18.7 Å². The molecule has 4 aromatic rings. The first kappa shape index (κ1) is 22.8. The minimum absolute atomic E-state index is 0.0227. The van der Waals surface area contributed by atoms with Crippen LogP contribution in [-0.4, -0.2) is 28.4 Å². The third-order valence-electron chi connectivity index (χ3n) is 6.38. The smallest absolute Gasteiger partial charge is 0.532 e. The molecule has 6 rings (SSSR count). The van der Waals surface area contributed by atoms with Crippen LogP contribution in [-0.2, 0) is 10.3 Å². The van der Waals surface area contributed by atoms with Crippen molar-refractivity contribution >= 4 is 47.3 Å². The molecule has 0 aliphatic carbocycles. The van der Waals surface area contributed by atoms with Gasteiger partial charge in [0.1, 0.15) is 23.0 Å². The molecule has 1 unspecified atom stereocenters. The summed E-state index contributed by atoms with van der Waals surface area (Å²) in [4.78, 5) is 17.3. The number of carbonyl (C=O) groups excluding carboxylic acids is 1. The summed E-state index contributed by atoms with van der Waals surface area (Å²) in [6.45, 7) is 0. The number of hydrogen-bond acceptors (Lipinski definition) is 9. The topological polar surface area (TPSA) is 124 Å². The van der Waals surface area contributed by atoms with Gasteiger partial charge in [-0.15, -0.1) is 0 Å². The molecule has 2 aliphatic rings. The molecular weight excluding hydrogens is 491 g/mol. The van der Waals surface area contributed by atoms with Gasteiger partial charge in [0.2, 0.25) is 0 Å². The number of aliphatic imine (C=N–C) groups is 1. The van der Waals surface area contributed by atoms with Gasteiger partial charge in [-0.1, -0.05) is 24.3 Å². The van der Waals surface area contributed by atoms with Crippen molar-refractivity contribution in [1.82, 2.24) is 0 Å². The Labute approximate surface area is 216 Å². The number of isothiocyanates is 1. The van der Waals surface area contributed by atoms with Gasteiger partial charge in [-0.3, -0.25) is 0 Å². The van der Waals surface area contributed by atoms with Gasteiger partial charge in [-0.2, -0.15) is 4.99 Å². The molecule has 37 heavy (non-hydrogen) atoms. The number of esters is 1. The van der Waals surface area contributed by atoms with Crippen LogP contribution in [0.5, 0.6) is 23.0 Å². The molecule has 0 amide bonds. The Morgan fingerprint density at radius 3 is 2.51 bits per heavy atom. The Morgan fingerprint density at radius 1 is 0.973 bits per heavy atom. The second-order valence-electron chi connectivity index (χ2n) is 8.55. The van der Waals surface area contributed by atoms with E-state index in [-0.39, 0.29) is 11.3 Å². The summed E-state index contributed by atoms with van der Waals surface area (Å²) in [5.41, 5.74) is 7.64. The molecule has 180 valence electrons. The molecule has 4 N–H and O–H groups in total. The summed E-state index contributed by atoms with van der Waals surface area (Å²) in [5.74, 6) is 0.315. The van der Waals surface area contributed by atoms with E-state index in [4.69, 9.17) is 32.1 Å². The summed E-state index contributed by atoms with van der Waals surface area (Å²) < 4.78 is 18.0. The van der Waals surface area contributed by atoms with E-state index in [1.54, 1.807) is 66.7 Å². The number of hydrogen-bond donors (Lipinski definition) is 3. The summed E-state index contributed by atoms with van der Waals surface area (Å²) in [6.07, 6.45) is 0. The van der Waals surface area contributed by atoms with Crippen molar-refractivity contribution in [1.29, 1.82) is 0 Å². The predicted molar refractivity (Wildman–Crippen MR) is 140 cm³/mol. The van der Waals surface area contributed by atoms with Crippen LogP contribution in [0, 0.1) is 0 Å². The normalized spacial score (nSPS) is 16.5. The Morgan fingerprint density at radius 2 is 1.73 bits per heavy atom. The lowest BCUT2D eigenvalue weighted by Crippen LogP contribution is -2.37. The number of anilines is 1. The lowest BCUT2D eigenvalue weighted by Gasteiger charge is -2.36. The fraction of sp³-hybridized carbons (Fsp3) is 0.0370. The summed E-state index contributed by atoms with van der Waals surface area (Å²) in [5, 5.41) is 23.1. The predicted octanol–water partition coefficient (Wildman–Crippen LogP) is 4.04. The van der Waals surface area contributed by atoms with Gasteiger partial charge < -0.3 is 30.0 Å². The minimum atomic E-state index is -1.37. The van der Waals surface area contributed by atoms with Crippen LogP contribution in [0.4, 0.5) is 11.4 Å². The highest BCUT2D eigenvalue weighted by molar-refractivity contribution is 7.78. The molecule has 2 aliphatic heterocycles. The molecule has 1 spiro atoms. The van der Waals surface area contributed by atoms with E-state index >= 15 is 0 Å². The van der Waals surface area contributed by atoms with Crippen molar-refractivity contribution in [2.24, 2.45) is 4.99 Å². The Bertz CT molecular complexity index is 1650. The van der Waals surface area contributed by atoms with Crippen molar-refractivity contribution in [2.75, 3.05) is 5.73 Å². The molecule has 0 radical (unpaired) electrons. The summed E-state index contributed by atoms with van der Waals surface area (Å²) in [6, 6.07) is 21.5. The number of aromatic hydroxyl groups is 1.